The predicted octanol–water partition coefficient (Wildman–Crippen LogP) is -0.585. The van der Waals surface area contributed by atoms with Crippen LogP contribution in [0.3, 0.4) is 0 Å². The van der Waals surface area contributed by atoms with Crippen molar-refractivity contribution in [1.29, 1.82) is 0 Å². The summed E-state index contributed by atoms with van der Waals surface area (Å²) in [6, 6.07) is 7.51. The van der Waals surface area contributed by atoms with E-state index in [0.717, 1.165) is 44.2 Å². The Hall–Kier alpha value is -2.84. The number of ether oxygens (including phenoxy) is 2. The number of carbonyl (C=O) groups excluding carboxylic acids is 1. The molecular formula is C21H28N4O4. The quantitative estimate of drug-likeness (QED) is 0.649. The smallest absolute Gasteiger partial charge is 0.274 e. The van der Waals surface area contributed by atoms with Gasteiger partial charge in [0.15, 0.2) is 0 Å². The third kappa shape index (κ3) is 5.58. The van der Waals surface area contributed by atoms with E-state index < -0.39 is 0 Å². The van der Waals surface area contributed by atoms with Gasteiger partial charge in [-0.15, -0.1) is 0 Å². The lowest BCUT2D eigenvalue weighted by Gasteiger charge is -2.26. The molecule has 3 rings (SSSR count). The van der Waals surface area contributed by atoms with Crippen LogP contribution in [-0.2, 0) is 22.6 Å². The van der Waals surface area contributed by atoms with Gasteiger partial charge in [0.1, 0.15) is 5.75 Å². The number of benzene rings is 1. The van der Waals surface area contributed by atoms with Crippen molar-refractivity contribution in [3.8, 4) is 5.75 Å². The van der Waals surface area contributed by atoms with Crippen molar-refractivity contribution >= 4 is 18.1 Å². The number of nitrogens with zero attached hydrogens (tertiary/aromatic N) is 2. The van der Waals surface area contributed by atoms with Crippen LogP contribution < -0.4 is 26.2 Å². The Morgan fingerprint density at radius 3 is 2.83 bits per heavy atom. The van der Waals surface area contributed by atoms with Crippen LogP contribution >= 0.6 is 0 Å². The molecule has 1 aliphatic heterocycles. The first-order valence-corrected chi connectivity index (χ1v) is 9.78. The van der Waals surface area contributed by atoms with Gasteiger partial charge in [-0.2, -0.15) is 0 Å². The minimum atomic E-state index is -0.266. The van der Waals surface area contributed by atoms with Crippen LogP contribution in [0.5, 0.6) is 5.75 Å². The minimum absolute atomic E-state index is 0.118. The van der Waals surface area contributed by atoms with Gasteiger partial charge >= 0.3 is 0 Å². The number of methoxy groups -OCH3 is 1. The summed E-state index contributed by atoms with van der Waals surface area (Å²) in [5.41, 5.74) is 0.817. The van der Waals surface area contributed by atoms with Gasteiger partial charge in [-0.1, -0.05) is 18.2 Å². The molecule has 29 heavy (non-hydrogen) atoms. The molecular weight excluding hydrogens is 372 g/mol. The van der Waals surface area contributed by atoms with Crippen molar-refractivity contribution in [3.63, 3.8) is 0 Å². The summed E-state index contributed by atoms with van der Waals surface area (Å²) in [7, 11) is 1.61. The highest BCUT2D eigenvalue weighted by Crippen LogP contribution is 2.11. The van der Waals surface area contributed by atoms with Crippen LogP contribution in [0.1, 0.15) is 12.5 Å². The fourth-order valence-corrected chi connectivity index (χ4v) is 3.28. The Balaban J connectivity index is 1.68. The molecule has 0 aliphatic carbocycles. The lowest BCUT2D eigenvalue weighted by molar-refractivity contribution is -0.115. The van der Waals surface area contributed by atoms with E-state index in [1.165, 1.54) is 6.08 Å². The maximum atomic E-state index is 12.6. The zero-order valence-electron chi connectivity index (χ0n) is 16.9. The maximum Gasteiger partial charge on any atom is 0.274 e. The number of carbonyl (C=O) groups is 1. The van der Waals surface area contributed by atoms with Crippen molar-refractivity contribution in [2.75, 3.05) is 40.0 Å². The van der Waals surface area contributed by atoms with E-state index in [4.69, 9.17) is 9.47 Å². The zero-order chi connectivity index (χ0) is 20.6. The lowest BCUT2D eigenvalue weighted by atomic mass is 10.2. The highest BCUT2D eigenvalue weighted by molar-refractivity contribution is 6.03. The average Bonchev–Trinajstić information content (AvgIpc) is 3.05. The van der Waals surface area contributed by atoms with Gasteiger partial charge in [-0.3, -0.25) is 24.3 Å². The van der Waals surface area contributed by atoms with E-state index in [2.05, 4.69) is 15.3 Å². The second kappa shape index (κ2) is 10.1. The summed E-state index contributed by atoms with van der Waals surface area (Å²) in [6.07, 6.45) is 3.16. The molecule has 1 amide bonds. The van der Waals surface area contributed by atoms with E-state index in [1.54, 1.807) is 24.8 Å². The molecule has 2 aromatic rings. The summed E-state index contributed by atoms with van der Waals surface area (Å²) >= 11 is 0. The van der Waals surface area contributed by atoms with Crippen molar-refractivity contribution in [3.05, 3.63) is 50.8 Å². The Morgan fingerprint density at radius 1 is 1.31 bits per heavy atom. The number of nitrogens with one attached hydrogen (secondary N) is 2. The standard InChI is InChI=1S/C21H28N4O4/c1-3-18-19(14-20(26)22-15-16-5-4-6-17(13-16)28-2)23-25(21(18)27)8-7-24-9-11-29-12-10-24/h3-6,13-14,23H,7-12,15H2,1-2H3,(H,22,26)/b18-3-,19-14+. The highest BCUT2D eigenvalue weighted by Gasteiger charge is 2.11. The van der Waals surface area contributed by atoms with E-state index >= 15 is 0 Å². The Kier molecular flexibility index (Phi) is 7.26. The lowest BCUT2D eigenvalue weighted by Crippen LogP contribution is -2.40. The van der Waals surface area contributed by atoms with E-state index in [1.807, 2.05) is 24.3 Å². The number of aromatic nitrogens is 2. The molecule has 1 aromatic heterocycles. The monoisotopic (exact) mass is 400 g/mol. The Morgan fingerprint density at radius 2 is 2.10 bits per heavy atom. The van der Waals surface area contributed by atoms with E-state index in [9.17, 15) is 9.59 Å². The molecule has 2 N–H and O–H groups in total. The number of rotatable bonds is 7. The number of amides is 1. The largest absolute Gasteiger partial charge is 0.497 e. The minimum Gasteiger partial charge on any atom is -0.497 e. The summed E-state index contributed by atoms with van der Waals surface area (Å²) in [5, 5.41) is 6.93. The number of H-pyrrole nitrogens is 1. The SMILES string of the molecule is C/C=c1\c(=O)n(CCN2CCOCC2)[nH]\c1=C\C(=O)NCc1cccc(OC)c1. The molecule has 1 fully saturated rings. The van der Waals surface area contributed by atoms with Gasteiger partial charge < -0.3 is 14.8 Å². The number of hydrogen-bond acceptors (Lipinski definition) is 5. The molecule has 1 aliphatic rings. The molecule has 8 heteroatoms. The van der Waals surface area contributed by atoms with Gasteiger partial charge in [0, 0.05) is 32.3 Å². The second-order valence-electron chi connectivity index (χ2n) is 6.85. The molecule has 8 nitrogen and oxygen atoms in total. The first-order chi connectivity index (χ1) is 14.1. The molecule has 0 spiro atoms. The van der Waals surface area contributed by atoms with Crippen LogP contribution in [0.25, 0.3) is 12.2 Å². The van der Waals surface area contributed by atoms with Crippen LogP contribution in [0.4, 0.5) is 0 Å². The summed E-state index contributed by atoms with van der Waals surface area (Å²) in [5.74, 6) is 0.475. The van der Waals surface area contributed by atoms with Gasteiger partial charge in [0.05, 0.1) is 37.4 Å². The predicted molar refractivity (Wildman–Crippen MR) is 111 cm³/mol. The topological polar surface area (TPSA) is 88.6 Å². The van der Waals surface area contributed by atoms with Crippen molar-refractivity contribution < 1.29 is 14.3 Å². The third-order valence-electron chi connectivity index (χ3n) is 4.93. The third-order valence-corrected chi connectivity index (χ3v) is 4.93. The van der Waals surface area contributed by atoms with Gasteiger partial charge in [-0.25, -0.2) is 0 Å². The molecule has 0 bridgehead atoms. The van der Waals surface area contributed by atoms with Crippen LogP contribution in [0.2, 0.25) is 0 Å². The number of aromatic amines is 1. The first kappa shape index (κ1) is 20.9. The zero-order valence-corrected chi connectivity index (χ0v) is 16.9. The van der Waals surface area contributed by atoms with E-state index in [0.29, 0.717) is 23.7 Å². The van der Waals surface area contributed by atoms with E-state index in [-0.39, 0.29) is 11.5 Å². The fraction of sp³-hybridized carbons (Fsp3) is 0.429. The molecule has 1 aromatic carbocycles. The molecule has 0 radical (unpaired) electrons. The average molecular weight is 400 g/mol. The van der Waals surface area contributed by atoms with Gasteiger partial charge in [-0.05, 0) is 24.6 Å². The first-order valence-electron chi connectivity index (χ1n) is 9.78. The van der Waals surface area contributed by atoms with Crippen LogP contribution in [-0.4, -0.2) is 60.5 Å². The Labute approximate surface area is 169 Å². The molecule has 2 heterocycles. The molecule has 1 saturated heterocycles. The normalized spacial score (nSPS) is 16.2. The molecule has 0 saturated carbocycles. The summed E-state index contributed by atoms with van der Waals surface area (Å²) in [6.45, 7) is 6.65. The van der Waals surface area contributed by atoms with Gasteiger partial charge in [0.25, 0.3) is 5.56 Å². The number of morpholine rings is 1. The van der Waals surface area contributed by atoms with Crippen molar-refractivity contribution in [1.82, 2.24) is 20.0 Å². The highest BCUT2D eigenvalue weighted by atomic mass is 16.5. The molecule has 0 atom stereocenters. The van der Waals surface area contributed by atoms with Gasteiger partial charge in [0.2, 0.25) is 5.91 Å². The summed E-state index contributed by atoms with van der Waals surface area (Å²) in [4.78, 5) is 27.2. The van der Waals surface area contributed by atoms with Crippen LogP contribution in [0, 0.1) is 0 Å². The fourth-order valence-electron chi connectivity index (χ4n) is 3.28. The Bertz CT molecular complexity index is 1000. The summed E-state index contributed by atoms with van der Waals surface area (Å²) < 4.78 is 12.1. The molecule has 156 valence electrons. The molecule has 0 unspecified atom stereocenters. The van der Waals surface area contributed by atoms with Crippen LogP contribution in [0.15, 0.2) is 29.1 Å². The second-order valence-corrected chi connectivity index (χ2v) is 6.85. The maximum absolute atomic E-state index is 12.6. The van der Waals surface area contributed by atoms with Crippen molar-refractivity contribution in [2.45, 2.75) is 20.0 Å². The van der Waals surface area contributed by atoms with Crippen molar-refractivity contribution in [2.24, 2.45) is 0 Å². The number of hydrogen-bond donors (Lipinski definition) is 2.